The first-order valence-corrected chi connectivity index (χ1v) is 5.68. The second-order valence-electron chi connectivity index (χ2n) is 3.65. The maximum absolute atomic E-state index is 11.8. The highest BCUT2D eigenvalue weighted by molar-refractivity contribution is 5.10. The highest BCUT2D eigenvalue weighted by atomic mass is 16.1. The van der Waals surface area contributed by atoms with Gasteiger partial charge in [0.25, 0.3) is 5.56 Å². The zero-order chi connectivity index (χ0) is 11.1. The van der Waals surface area contributed by atoms with E-state index in [9.17, 15) is 4.79 Å². The molecule has 84 valence electrons. The van der Waals surface area contributed by atoms with Gasteiger partial charge in [0.2, 0.25) is 0 Å². The lowest BCUT2D eigenvalue weighted by Crippen LogP contribution is -2.26. The van der Waals surface area contributed by atoms with E-state index in [1.807, 2.05) is 25.3 Å². The predicted octanol–water partition coefficient (Wildman–Crippen LogP) is 1.76. The maximum atomic E-state index is 11.8. The van der Waals surface area contributed by atoms with Crippen molar-refractivity contribution in [1.29, 1.82) is 0 Å². The summed E-state index contributed by atoms with van der Waals surface area (Å²) < 4.78 is 1.73. The molecular weight excluding hydrogens is 188 g/mol. The van der Waals surface area contributed by atoms with Gasteiger partial charge >= 0.3 is 0 Å². The van der Waals surface area contributed by atoms with Crippen molar-refractivity contribution in [1.82, 2.24) is 9.88 Å². The number of aryl methyl sites for hydroxylation is 1. The molecule has 0 spiro atoms. The van der Waals surface area contributed by atoms with Gasteiger partial charge in [0, 0.05) is 24.8 Å². The third-order valence-corrected chi connectivity index (χ3v) is 2.46. The first-order chi connectivity index (χ1) is 7.29. The Balaban J connectivity index is 2.57. The van der Waals surface area contributed by atoms with E-state index >= 15 is 0 Å². The molecule has 0 aliphatic carbocycles. The number of nitrogens with zero attached hydrogens (tertiary/aromatic N) is 1. The minimum atomic E-state index is 0.129. The number of unbranched alkanes of at least 4 members (excludes halogenated alkanes) is 1. The molecule has 3 heteroatoms. The molecule has 0 radical (unpaired) electrons. The monoisotopic (exact) mass is 208 g/mol. The van der Waals surface area contributed by atoms with Gasteiger partial charge < -0.3 is 9.88 Å². The Morgan fingerprint density at radius 2 is 2.20 bits per heavy atom. The van der Waals surface area contributed by atoms with E-state index in [1.165, 1.54) is 6.42 Å². The molecule has 0 saturated carbocycles. The number of aromatic nitrogens is 1. The lowest BCUT2D eigenvalue weighted by atomic mass is 10.2. The number of hydrogen-bond acceptors (Lipinski definition) is 2. The van der Waals surface area contributed by atoms with Crippen LogP contribution in [0.3, 0.4) is 0 Å². The Kier molecular flexibility index (Phi) is 5.12. The van der Waals surface area contributed by atoms with Crippen molar-refractivity contribution in [3.8, 4) is 0 Å². The van der Waals surface area contributed by atoms with Crippen LogP contribution in [0, 0.1) is 0 Å². The molecule has 0 saturated heterocycles. The average molecular weight is 208 g/mol. The summed E-state index contributed by atoms with van der Waals surface area (Å²) in [6.07, 6.45) is 4.17. The van der Waals surface area contributed by atoms with E-state index in [2.05, 4.69) is 12.2 Å². The molecule has 0 fully saturated rings. The van der Waals surface area contributed by atoms with Gasteiger partial charge in [-0.25, -0.2) is 0 Å². The normalized spacial score (nSPS) is 10.5. The summed E-state index contributed by atoms with van der Waals surface area (Å²) in [6, 6.07) is 3.83. The summed E-state index contributed by atoms with van der Waals surface area (Å²) >= 11 is 0. The lowest BCUT2D eigenvalue weighted by Gasteiger charge is -2.06. The van der Waals surface area contributed by atoms with Crippen molar-refractivity contribution in [2.75, 3.05) is 6.54 Å². The van der Waals surface area contributed by atoms with Gasteiger partial charge in [0.15, 0.2) is 0 Å². The van der Waals surface area contributed by atoms with Crippen molar-refractivity contribution in [3.63, 3.8) is 0 Å². The van der Waals surface area contributed by atoms with Crippen LogP contribution >= 0.6 is 0 Å². The Labute approximate surface area is 91.1 Å². The van der Waals surface area contributed by atoms with Gasteiger partial charge in [0.1, 0.15) is 0 Å². The predicted molar refractivity (Wildman–Crippen MR) is 63.0 cm³/mol. The summed E-state index contributed by atoms with van der Waals surface area (Å²) in [7, 11) is 0. The third kappa shape index (κ3) is 3.51. The molecule has 1 aromatic heterocycles. The van der Waals surface area contributed by atoms with Gasteiger partial charge in [-0.1, -0.05) is 19.4 Å². The van der Waals surface area contributed by atoms with Crippen molar-refractivity contribution < 1.29 is 0 Å². The number of rotatable bonds is 6. The van der Waals surface area contributed by atoms with Crippen LogP contribution in [0.1, 0.15) is 32.3 Å². The molecule has 0 aromatic carbocycles. The van der Waals surface area contributed by atoms with Crippen LogP contribution in [0.4, 0.5) is 0 Å². The zero-order valence-corrected chi connectivity index (χ0v) is 9.62. The third-order valence-electron chi connectivity index (χ3n) is 2.46. The topological polar surface area (TPSA) is 34.0 Å². The van der Waals surface area contributed by atoms with Gasteiger partial charge in [-0.3, -0.25) is 4.79 Å². The summed E-state index contributed by atoms with van der Waals surface area (Å²) in [6.45, 7) is 6.54. The second kappa shape index (κ2) is 6.40. The first-order valence-electron chi connectivity index (χ1n) is 5.68. The minimum Gasteiger partial charge on any atom is -0.316 e. The molecule has 0 amide bonds. The molecule has 15 heavy (non-hydrogen) atoms. The van der Waals surface area contributed by atoms with E-state index in [0.717, 1.165) is 25.1 Å². The van der Waals surface area contributed by atoms with Crippen molar-refractivity contribution in [2.45, 2.75) is 39.8 Å². The average Bonchev–Trinajstić information content (AvgIpc) is 2.26. The molecular formula is C12H20N2O. The van der Waals surface area contributed by atoms with Crippen LogP contribution < -0.4 is 10.9 Å². The molecule has 3 nitrogen and oxygen atoms in total. The van der Waals surface area contributed by atoms with E-state index in [1.54, 1.807) is 4.57 Å². The molecule has 0 aliphatic heterocycles. The van der Waals surface area contributed by atoms with Crippen LogP contribution in [0.5, 0.6) is 0 Å². The molecule has 1 N–H and O–H groups in total. The zero-order valence-electron chi connectivity index (χ0n) is 9.62. The summed E-state index contributed by atoms with van der Waals surface area (Å²) in [5.41, 5.74) is 0.986. The van der Waals surface area contributed by atoms with E-state index < -0.39 is 0 Å². The van der Waals surface area contributed by atoms with E-state index in [0.29, 0.717) is 6.54 Å². The molecule has 0 aliphatic rings. The van der Waals surface area contributed by atoms with Crippen LogP contribution in [0.2, 0.25) is 0 Å². The van der Waals surface area contributed by atoms with E-state index in [4.69, 9.17) is 0 Å². The van der Waals surface area contributed by atoms with Crippen molar-refractivity contribution in [2.24, 2.45) is 0 Å². The fraction of sp³-hybridized carbons (Fsp3) is 0.583. The smallest absolute Gasteiger partial charge is 0.255 e. The van der Waals surface area contributed by atoms with Gasteiger partial charge in [0.05, 0.1) is 0 Å². The van der Waals surface area contributed by atoms with Crippen LogP contribution in [-0.4, -0.2) is 11.1 Å². The summed E-state index contributed by atoms with van der Waals surface area (Å²) in [5.74, 6) is 0. The molecule has 1 aromatic rings. The molecule has 1 rings (SSSR count). The number of hydrogen-bond donors (Lipinski definition) is 1. The fourth-order valence-electron chi connectivity index (χ4n) is 1.49. The van der Waals surface area contributed by atoms with Gasteiger partial charge in [-0.05, 0) is 26.0 Å². The summed E-state index contributed by atoms with van der Waals surface area (Å²) in [4.78, 5) is 11.8. The second-order valence-corrected chi connectivity index (χ2v) is 3.65. The molecule has 0 atom stereocenters. The summed E-state index contributed by atoms with van der Waals surface area (Å²) in [5, 5.41) is 3.28. The van der Waals surface area contributed by atoms with Gasteiger partial charge in [-0.2, -0.15) is 0 Å². The van der Waals surface area contributed by atoms with E-state index in [-0.39, 0.29) is 5.56 Å². The first kappa shape index (κ1) is 12.0. The maximum Gasteiger partial charge on any atom is 0.255 e. The van der Waals surface area contributed by atoms with Crippen LogP contribution in [0.15, 0.2) is 23.1 Å². The number of nitrogens with one attached hydrogen (secondary N) is 1. The standard InChI is InChI=1S/C12H20N2O/c1-3-5-8-13-10-11-7-6-9-14(4-2)12(11)15/h6-7,9,13H,3-5,8,10H2,1-2H3. The van der Waals surface area contributed by atoms with Crippen molar-refractivity contribution in [3.05, 3.63) is 34.2 Å². The highest BCUT2D eigenvalue weighted by Gasteiger charge is 2.00. The Morgan fingerprint density at radius 1 is 1.40 bits per heavy atom. The Bertz CT molecular complexity index is 344. The molecule has 0 unspecified atom stereocenters. The Hall–Kier alpha value is -1.09. The van der Waals surface area contributed by atoms with Gasteiger partial charge in [-0.15, -0.1) is 0 Å². The SMILES string of the molecule is CCCCNCc1cccn(CC)c1=O. The fourth-order valence-corrected chi connectivity index (χ4v) is 1.49. The largest absolute Gasteiger partial charge is 0.316 e. The Morgan fingerprint density at radius 3 is 2.87 bits per heavy atom. The molecule has 1 heterocycles. The number of pyridine rings is 1. The van der Waals surface area contributed by atoms with Crippen molar-refractivity contribution >= 4 is 0 Å². The molecule has 0 bridgehead atoms. The van der Waals surface area contributed by atoms with Crippen LogP contribution in [-0.2, 0) is 13.1 Å². The van der Waals surface area contributed by atoms with Crippen LogP contribution in [0.25, 0.3) is 0 Å². The minimum absolute atomic E-state index is 0.129. The highest BCUT2D eigenvalue weighted by Crippen LogP contribution is 1.92. The quantitative estimate of drug-likeness (QED) is 0.723. The lowest BCUT2D eigenvalue weighted by molar-refractivity contribution is 0.627.